The number of hydrogen-bond donors (Lipinski definition) is 0. The van der Waals surface area contributed by atoms with Crippen LogP contribution in [0.2, 0.25) is 0 Å². The number of piperidine rings is 1. The number of carbonyl (C=O) groups excluding carboxylic acids is 1. The van der Waals surface area contributed by atoms with Crippen LogP contribution in [0.5, 0.6) is 0 Å². The number of aromatic nitrogens is 2. The van der Waals surface area contributed by atoms with Gasteiger partial charge in [0.05, 0.1) is 13.2 Å². The van der Waals surface area contributed by atoms with Gasteiger partial charge < -0.3 is 18.9 Å². The summed E-state index contributed by atoms with van der Waals surface area (Å²) in [5.41, 5.74) is 2.19. The van der Waals surface area contributed by atoms with Crippen molar-refractivity contribution in [1.29, 1.82) is 0 Å². The van der Waals surface area contributed by atoms with Gasteiger partial charge in [0, 0.05) is 44.3 Å². The molecule has 4 rings (SSSR count). The highest BCUT2D eigenvalue weighted by molar-refractivity contribution is 5.76. The van der Waals surface area contributed by atoms with Crippen LogP contribution >= 0.6 is 0 Å². The van der Waals surface area contributed by atoms with Crippen molar-refractivity contribution in [2.45, 2.75) is 51.2 Å². The second-order valence-electron chi connectivity index (χ2n) is 7.78. The Morgan fingerprint density at radius 2 is 1.82 bits per heavy atom. The molecule has 0 aliphatic carbocycles. The third kappa shape index (κ3) is 4.10. The first-order valence-corrected chi connectivity index (χ1v) is 10.0. The Balaban J connectivity index is 1.29. The summed E-state index contributed by atoms with van der Waals surface area (Å²) in [6.45, 7) is 6.94. The van der Waals surface area contributed by atoms with Crippen molar-refractivity contribution >= 4 is 5.91 Å². The maximum Gasteiger partial charge on any atom is 0.227 e. The van der Waals surface area contributed by atoms with E-state index in [9.17, 15) is 4.79 Å². The summed E-state index contributed by atoms with van der Waals surface area (Å²) in [4.78, 5) is 18.8. The number of likely N-dealkylation sites (tertiary alicyclic amines) is 1. The number of aryl methyl sites for hydroxylation is 1. The van der Waals surface area contributed by atoms with E-state index in [1.165, 1.54) is 5.56 Å². The van der Waals surface area contributed by atoms with Crippen LogP contribution in [0.3, 0.4) is 0 Å². The second kappa shape index (κ2) is 8.01. The molecule has 1 aromatic heterocycles. The van der Waals surface area contributed by atoms with Crippen LogP contribution in [0.4, 0.5) is 0 Å². The summed E-state index contributed by atoms with van der Waals surface area (Å²) in [5, 5.41) is 4.06. The molecule has 2 aromatic rings. The molecule has 3 heterocycles. The Hall–Kier alpha value is -2.25. The topological polar surface area (TPSA) is 77.7 Å². The van der Waals surface area contributed by atoms with Crippen LogP contribution in [0.15, 0.2) is 28.8 Å². The lowest BCUT2D eigenvalue weighted by Gasteiger charge is -2.37. The van der Waals surface area contributed by atoms with E-state index in [2.05, 4.69) is 36.1 Å². The lowest BCUT2D eigenvalue weighted by Crippen LogP contribution is -2.47. The average molecular weight is 385 g/mol. The fourth-order valence-corrected chi connectivity index (χ4v) is 3.75. The second-order valence-corrected chi connectivity index (χ2v) is 7.78. The van der Waals surface area contributed by atoms with Crippen LogP contribution in [-0.2, 0) is 20.7 Å². The molecule has 2 saturated heterocycles. The third-order valence-electron chi connectivity index (χ3n) is 5.55. The Morgan fingerprint density at radius 3 is 2.46 bits per heavy atom. The number of hydrogen-bond acceptors (Lipinski definition) is 6. The highest BCUT2D eigenvalue weighted by Crippen LogP contribution is 2.31. The SMILES string of the molecule is CC(C)c1ccc(-c2noc(CCC(=O)N3CCC4(CC3)OCCO4)n2)cc1. The van der Waals surface area contributed by atoms with Gasteiger partial charge >= 0.3 is 0 Å². The molecule has 7 nitrogen and oxygen atoms in total. The van der Waals surface area contributed by atoms with Gasteiger partial charge in [-0.2, -0.15) is 4.98 Å². The minimum absolute atomic E-state index is 0.105. The van der Waals surface area contributed by atoms with Crippen molar-refractivity contribution in [1.82, 2.24) is 15.0 Å². The van der Waals surface area contributed by atoms with E-state index >= 15 is 0 Å². The molecule has 2 aliphatic rings. The molecule has 1 amide bonds. The largest absolute Gasteiger partial charge is 0.347 e. The van der Waals surface area contributed by atoms with Gasteiger partial charge in [-0.05, 0) is 11.5 Å². The van der Waals surface area contributed by atoms with E-state index in [0.717, 1.165) is 18.4 Å². The monoisotopic (exact) mass is 385 g/mol. The quantitative estimate of drug-likeness (QED) is 0.787. The first-order chi connectivity index (χ1) is 13.5. The molecule has 1 aromatic carbocycles. The van der Waals surface area contributed by atoms with Gasteiger partial charge in [0.25, 0.3) is 0 Å². The predicted octanol–water partition coefficient (Wildman–Crippen LogP) is 3.16. The molecule has 0 radical (unpaired) electrons. The van der Waals surface area contributed by atoms with E-state index in [-0.39, 0.29) is 5.91 Å². The molecule has 2 aliphatic heterocycles. The fourth-order valence-electron chi connectivity index (χ4n) is 3.75. The molecule has 1 spiro atoms. The van der Waals surface area contributed by atoms with E-state index < -0.39 is 5.79 Å². The van der Waals surface area contributed by atoms with Crippen molar-refractivity contribution in [3.05, 3.63) is 35.7 Å². The van der Waals surface area contributed by atoms with Gasteiger partial charge in [-0.25, -0.2) is 0 Å². The van der Waals surface area contributed by atoms with Crippen molar-refractivity contribution in [2.24, 2.45) is 0 Å². The van der Waals surface area contributed by atoms with Crippen LogP contribution in [0.25, 0.3) is 11.4 Å². The zero-order chi connectivity index (χ0) is 19.6. The van der Waals surface area contributed by atoms with E-state index in [4.69, 9.17) is 14.0 Å². The molecule has 150 valence electrons. The number of amides is 1. The summed E-state index contributed by atoms with van der Waals surface area (Å²) in [7, 11) is 0. The standard InChI is InChI=1S/C21H27N3O4/c1-15(2)16-3-5-17(6-4-16)20-22-18(28-23-20)7-8-19(25)24-11-9-21(10-12-24)26-13-14-27-21/h3-6,15H,7-14H2,1-2H3. The first-order valence-electron chi connectivity index (χ1n) is 10.0. The van der Waals surface area contributed by atoms with Gasteiger partial charge in [0.15, 0.2) is 5.79 Å². The summed E-state index contributed by atoms with van der Waals surface area (Å²) in [6.07, 6.45) is 2.28. The predicted molar refractivity (Wildman–Crippen MR) is 103 cm³/mol. The number of rotatable bonds is 5. The average Bonchev–Trinajstić information content (AvgIpc) is 3.37. The Kier molecular flexibility index (Phi) is 5.46. The maximum atomic E-state index is 12.5. The van der Waals surface area contributed by atoms with Crippen LogP contribution in [-0.4, -0.2) is 53.0 Å². The van der Waals surface area contributed by atoms with Crippen LogP contribution < -0.4 is 0 Å². The van der Waals surface area contributed by atoms with Crippen molar-refractivity contribution < 1.29 is 18.8 Å². The fraction of sp³-hybridized carbons (Fsp3) is 0.571. The van der Waals surface area contributed by atoms with Gasteiger partial charge in [-0.3, -0.25) is 4.79 Å². The number of nitrogens with zero attached hydrogens (tertiary/aromatic N) is 3. The molecule has 28 heavy (non-hydrogen) atoms. The molecule has 0 bridgehead atoms. The van der Waals surface area contributed by atoms with Gasteiger partial charge in [0.1, 0.15) is 0 Å². The van der Waals surface area contributed by atoms with Crippen LogP contribution in [0, 0.1) is 0 Å². The normalized spacial score (nSPS) is 18.9. The van der Waals surface area contributed by atoms with Gasteiger partial charge in [-0.15, -0.1) is 0 Å². The zero-order valence-corrected chi connectivity index (χ0v) is 16.5. The number of benzene rings is 1. The van der Waals surface area contributed by atoms with Gasteiger partial charge in [0.2, 0.25) is 17.6 Å². The molecule has 0 atom stereocenters. The molecule has 2 fully saturated rings. The number of ether oxygens (including phenoxy) is 2. The van der Waals surface area contributed by atoms with E-state index in [0.29, 0.717) is 56.8 Å². The van der Waals surface area contributed by atoms with Crippen LogP contribution in [0.1, 0.15) is 50.5 Å². The first kappa shape index (κ1) is 19.1. The molecule has 0 saturated carbocycles. The minimum atomic E-state index is -0.455. The van der Waals surface area contributed by atoms with E-state index in [1.807, 2.05) is 17.0 Å². The third-order valence-corrected chi connectivity index (χ3v) is 5.55. The van der Waals surface area contributed by atoms with Gasteiger partial charge in [-0.1, -0.05) is 43.3 Å². The Bertz CT molecular complexity index is 799. The molecule has 0 unspecified atom stereocenters. The summed E-state index contributed by atoms with van der Waals surface area (Å²) in [5.74, 6) is 1.19. The van der Waals surface area contributed by atoms with Crippen molar-refractivity contribution in [2.75, 3.05) is 26.3 Å². The smallest absolute Gasteiger partial charge is 0.227 e. The van der Waals surface area contributed by atoms with Crippen molar-refractivity contribution in [3.8, 4) is 11.4 Å². The molecular weight excluding hydrogens is 358 g/mol. The summed E-state index contributed by atoms with van der Waals surface area (Å²) < 4.78 is 16.8. The maximum absolute atomic E-state index is 12.5. The molecule has 0 N–H and O–H groups in total. The van der Waals surface area contributed by atoms with Crippen molar-refractivity contribution in [3.63, 3.8) is 0 Å². The zero-order valence-electron chi connectivity index (χ0n) is 16.5. The Labute approximate surface area is 165 Å². The molecule has 7 heteroatoms. The summed E-state index contributed by atoms with van der Waals surface area (Å²) in [6, 6.07) is 8.18. The lowest BCUT2D eigenvalue weighted by atomic mass is 10.0. The highest BCUT2D eigenvalue weighted by Gasteiger charge is 2.40. The molecular formula is C21H27N3O4. The van der Waals surface area contributed by atoms with E-state index in [1.54, 1.807) is 0 Å². The minimum Gasteiger partial charge on any atom is -0.347 e. The summed E-state index contributed by atoms with van der Waals surface area (Å²) >= 11 is 0. The lowest BCUT2D eigenvalue weighted by molar-refractivity contribution is -0.187. The Morgan fingerprint density at radius 1 is 1.14 bits per heavy atom. The highest BCUT2D eigenvalue weighted by atomic mass is 16.7. The number of carbonyl (C=O) groups is 1.